The number of furan rings is 1. The zero-order valence-corrected chi connectivity index (χ0v) is 84.7. The second kappa shape index (κ2) is 51.2. The minimum absolute atomic E-state index is 0.0752. The summed E-state index contributed by atoms with van der Waals surface area (Å²) in [5, 5.41) is 21.9. The molecule has 2 aliphatic rings. The van der Waals surface area contributed by atoms with Crippen molar-refractivity contribution in [1.29, 1.82) is 5.26 Å². The molecule has 0 aliphatic carbocycles. The van der Waals surface area contributed by atoms with E-state index in [1.54, 1.807) is 161 Å². The summed E-state index contributed by atoms with van der Waals surface area (Å²) in [5.74, 6) is 4.89. The number of nitrogens with zero attached hydrogens (tertiary/aromatic N) is 10. The molecule has 32 heteroatoms. The standard InChI is InChI=1S/C24H26N2O5S2.C24H23NO4S.C23H24N2O4S2.C21H18N2O2S.C18H19N3O/c1-30-23-7-3-2-5-20(23)17-25(18-21-6-4-16-32-21)24(27)19-8-10-22(11-9-19)33(28,29)26-12-14-31-15-13-26;1-16-19-8-4-5-9-20(19)29-23(16)24(26)25(15-18-7-6-12-30-18)14-17-10-11-21(27-2)22(13-17)28-3;1-29-22-8-3-2-6-19(22)16-24(17-21-7-4-14-30-21)23(26)18-9-11-20(12-10-18)25-13-5-15-31(25,27)28;1-25-20-7-3-2-5-18(20)14-23(15-19-6-4-12-26-19)21(24)17-10-8-16(13-22)9-11-17;1-15-19-18(20-22-15)14-21(12-16-8-4-2-5-9-16)13-17-10-6-3-7-11-17/h2-11,16H,12-15,17-18H2,1H3;4-13H,14-15H2,1-3H3;2-4,6-12,14H,5,13,15-17H2,1H3;2-12H,14-15H2,1H3;2-11H,12-14H2,1H3. The van der Waals surface area contributed by atoms with Crippen LogP contribution in [0.4, 0.5) is 5.69 Å². The average Bonchev–Trinajstić information content (AvgIpc) is 1.67. The number of para-hydroxylation sites is 4. The molecule has 2 saturated heterocycles. The molecule has 10 aromatic carbocycles. The first-order chi connectivity index (χ1) is 69.1. The third-order valence-electron chi connectivity index (χ3n) is 23.3. The van der Waals surface area contributed by atoms with Crippen LogP contribution < -0.4 is 28.0 Å². The van der Waals surface area contributed by atoms with Crippen LogP contribution in [0.25, 0.3) is 11.0 Å². The molecule has 26 nitrogen and oxygen atoms in total. The molecule has 8 heterocycles. The molecule has 2 fully saturated rings. The number of methoxy groups -OCH3 is 5. The number of ether oxygens (including phenoxy) is 6. The molecule has 0 spiro atoms. The van der Waals surface area contributed by atoms with Gasteiger partial charge in [0.15, 0.2) is 23.1 Å². The number of amides is 4. The van der Waals surface area contributed by atoms with E-state index in [4.69, 9.17) is 42.6 Å². The van der Waals surface area contributed by atoms with Crippen molar-refractivity contribution in [2.75, 3.05) is 78.5 Å². The molecule has 2 aliphatic heterocycles. The van der Waals surface area contributed by atoms with Crippen LogP contribution in [0.3, 0.4) is 0 Å². The van der Waals surface area contributed by atoms with Crippen LogP contribution in [0.15, 0.2) is 333 Å². The van der Waals surface area contributed by atoms with Crippen LogP contribution in [0.1, 0.15) is 124 Å². The Bertz CT molecular complexity index is 6990. The summed E-state index contributed by atoms with van der Waals surface area (Å²) in [6.07, 6.45) is 0.622. The predicted octanol–water partition coefficient (Wildman–Crippen LogP) is 21.5. The van der Waals surface area contributed by atoms with Crippen molar-refractivity contribution >= 4 is 106 Å². The maximum absolute atomic E-state index is 13.5. The maximum Gasteiger partial charge on any atom is 0.290 e. The van der Waals surface area contributed by atoms with Gasteiger partial charge in [-0.2, -0.15) is 14.6 Å². The first-order valence-electron chi connectivity index (χ1n) is 45.8. The summed E-state index contributed by atoms with van der Waals surface area (Å²) in [7, 11) is 1.21. The van der Waals surface area contributed by atoms with Crippen molar-refractivity contribution in [2.24, 2.45) is 0 Å². The smallest absolute Gasteiger partial charge is 0.290 e. The Balaban J connectivity index is 0.000000142. The zero-order valence-electron chi connectivity index (χ0n) is 79.8. The van der Waals surface area contributed by atoms with Crippen molar-refractivity contribution in [3.63, 3.8) is 0 Å². The number of hydrogen-bond donors (Lipinski definition) is 0. The Morgan fingerprint density at radius 1 is 0.430 bits per heavy atom. The van der Waals surface area contributed by atoms with Crippen molar-refractivity contribution in [2.45, 2.75) is 97.2 Å². The van der Waals surface area contributed by atoms with Gasteiger partial charge in [-0.1, -0.05) is 169 Å². The summed E-state index contributed by atoms with van der Waals surface area (Å²) >= 11 is 6.44. The lowest BCUT2D eigenvalue weighted by atomic mass is 10.1. The third kappa shape index (κ3) is 28.3. The molecule has 0 atom stereocenters. The van der Waals surface area contributed by atoms with Crippen LogP contribution in [0.2, 0.25) is 0 Å². The Morgan fingerprint density at radius 2 is 0.852 bits per heavy atom. The van der Waals surface area contributed by atoms with E-state index < -0.39 is 20.0 Å². The summed E-state index contributed by atoms with van der Waals surface area (Å²) in [6, 6.07) is 95.0. The number of anilines is 1. The molecule has 142 heavy (non-hydrogen) atoms. The lowest BCUT2D eigenvalue weighted by Crippen LogP contribution is -2.40. The molecule has 0 saturated carbocycles. The summed E-state index contributed by atoms with van der Waals surface area (Å²) in [5.41, 5.74) is 10.5. The first-order valence-corrected chi connectivity index (χ1v) is 52.3. The van der Waals surface area contributed by atoms with Gasteiger partial charge in [0.1, 0.15) is 22.8 Å². The Labute approximate surface area is 844 Å². The molecule has 0 N–H and O–H groups in total. The van der Waals surface area contributed by atoms with Crippen molar-refractivity contribution in [3.8, 4) is 34.8 Å². The second-order valence-corrected chi connectivity index (χ2v) is 41.1. The van der Waals surface area contributed by atoms with E-state index in [1.807, 2.05) is 211 Å². The largest absolute Gasteiger partial charge is 0.496 e. The van der Waals surface area contributed by atoms with Gasteiger partial charge in [0.25, 0.3) is 23.6 Å². The molecule has 16 aromatic rings. The first kappa shape index (κ1) is 103. The van der Waals surface area contributed by atoms with Crippen LogP contribution in [0.5, 0.6) is 28.7 Å². The number of sulfonamides is 2. The number of aromatic nitrogens is 2. The van der Waals surface area contributed by atoms with E-state index >= 15 is 0 Å². The van der Waals surface area contributed by atoms with Crippen molar-refractivity contribution in [1.82, 2.24) is 38.9 Å². The van der Waals surface area contributed by atoms with Crippen LogP contribution in [-0.4, -0.2) is 154 Å². The minimum atomic E-state index is -3.61. The van der Waals surface area contributed by atoms with Gasteiger partial charge in [-0.25, -0.2) is 16.8 Å². The van der Waals surface area contributed by atoms with E-state index in [0.29, 0.717) is 155 Å². The number of carbonyl (C=O) groups excluding carboxylic acids is 4. The number of morpholine rings is 1. The fourth-order valence-corrected chi connectivity index (χ4v) is 21.9. The molecule has 6 aromatic heterocycles. The van der Waals surface area contributed by atoms with Gasteiger partial charge in [-0.15, -0.1) is 45.3 Å². The van der Waals surface area contributed by atoms with Crippen LogP contribution in [0, 0.1) is 25.2 Å². The fourth-order valence-electron chi connectivity index (χ4n) is 16.1. The van der Waals surface area contributed by atoms with Crippen LogP contribution in [-0.2, 0) is 96.8 Å². The number of rotatable bonds is 34. The summed E-state index contributed by atoms with van der Waals surface area (Å²) < 4.78 is 96.3. The zero-order chi connectivity index (χ0) is 99.8. The minimum Gasteiger partial charge on any atom is -0.496 e. The van der Waals surface area contributed by atoms with E-state index in [2.05, 4.69) is 69.6 Å². The molecule has 0 radical (unpaired) electrons. The van der Waals surface area contributed by atoms with E-state index in [0.717, 1.165) is 88.7 Å². The Kier molecular flexibility index (Phi) is 37.3. The molecule has 0 unspecified atom stereocenters. The summed E-state index contributed by atoms with van der Waals surface area (Å²) in [6.45, 7) is 11.6. The SMILES string of the molecule is COc1ccc(CN(Cc2cccs2)C(=O)c2oc3ccccc3c2C)cc1OC.COc1ccccc1CN(Cc1cccs1)C(=O)c1ccc(C#N)cc1.COc1ccccc1CN(Cc1cccs1)C(=O)c1ccc(N2CCCS2(=O)=O)cc1.COc1ccccc1CN(Cc1cccs1)C(=O)c1ccc(S(=O)(=O)N2CCOCC2)cc1.Cc1nc(CN(Cc2ccccc2)Cc2ccccc2)no1. The molecular weight excluding hydrogens is 1910 g/mol. The quantitative estimate of drug-likeness (QED) is 0.0362. The molecule has 18 rings (SSSR count). The van der Waals surface area contributed by atoms with Crippen molar-refractivity contribution < 1.29 is 73.4 Å². The molecule has 0 bridgehead atoms. The van der Waals surface area contributed by atoms with Gasteiger partial charge < -0.3 is 57.0 Å². The highest BCUT2D eigenvalue weighted by Crippen LogP contribution is 2.35. The van der Waals surface area contributed by atoms with E-state index in [-0.39, 0.29) is 34.3 Å². The normalized spacial score (nSPS) is 12.6. The maximum atomic E-state index is 13.5. The number of fused-ring (bicyclic) bond motifs is 1. The van der Waals surface area contributed by atoms with Gasteiger partial charge in [-0.3, -0.25) is 28.4 Å². The van der Waals surface area contributed by atoms with E-state index in [9.17, 15) is 36.0 Å². The molecule has 732 valence electrons. The Hall–Kier alpha value is -14.4. The molecular formula is C110H110N10O16S6. The van der Waals surface area contributed by atoms with E-state index in [1.165, 1.54) is 31.9 Å². The topological polar surface area (TPSA) is 290 Å². The number of nitriles is 1. The number of hydrogen-bond acceptors (Lipinski definition) is 24. The van der Waals surface area contributed by atoms with Gasteiger partial charge in [0.2, 0.25) is 25.9 Å². The van der Waals surface area contributed by atoms with Gasteiger partial charge in [0.05, 0.1) is 129 Å². The third-order valence-corrected chi connectivity index (χ3v) is 30.5. The number of carbonyl (C=O) groups is 4. The van der Waals surface area contributed by atoms with Gasteiger partial charge >= 0.3 is 0 Å². The van der Waals surface area contributed by atoms with Crippen molar-refractivity contribution in [3.05, 3.63) is 417 Å². The predicted molar refractivity (Wildman–Crippen MR) is 555 cm³/mol. The van der Waals surface area contributed by atoms with Gasteiger partial charge in [-0.05, 0) is 185 Å². The highest BCUT2D eigenvalue weighted by atomic mass is 32.2. The lowest BCUT2D eigenvalue weighted by Gasteiger charge is -2.26. The monoisotopic (exact) mass is 2020 g/mol. The number of aryl methyl sites for hydroxylation is 2. The number of thiophene rings is 4. The van der Waals surface area contributed by atoms with Gasteiger partial charge in [0, 0.05) is 110 Å². The molecule has 4 amide bonds. The number of benzene rings is 10. The summed E-state index contributed by atoms with van der Waals surface area (Å²) in [4.78, 5) is 71.8. The Morgan fingerprint density at radius 3 is 1.26 bits per heavy atom. The van der Waals surface area contributed by atoms with Crippen LogP contribution >= 0.6 is 45.3 Å². The average molecular weight is 2020 g/mol. The highest BCUT2D eigenvalue weighted by Gasteiger charge is 2.32. The fraction of sp³-hybridized carbons (Fsp3) is 0.227. The highest BCUT2D eigenvalue weighted by molar-refractivity contribution is 7.93. The lowest BCUT2D eigenvalue weighted by molar-refractivity contribution is 0.0697. The second-order valence-electron chi connectivity index (χ2n) is 33.0.